The molecule has 1 unspecified atom stereocenters. The van der Waals surface area contributed by atoms with Crippen LogP contribution in [-0.2, 0) is 19.9 Å². The maximum Gasteiger partial charge on any atom is 0.228 e. The highest BCUT2D eigenvalue weighted by atomic mass is 32.3. The maximum atomic E-state index is 11.5. The lowest BCUT2D eigenvalue weighted by Crippen LogP contribution is -2.45. The molecular weight excluding hydrogens is 242 g/mol. The van der Waals surface area contributed by atoms with E-state index in [0.29, 0.717) is 0 Å². The summed E-state index contributed by atoms with van der Waals surface area (Å²) in [6.07, 6.45) is 0.830. The van der Waals surface area contributed by atoms with Crippen molar-refractivity contribution in [1.29, 1.82) is 5.41 Å². The van der Waals surface area contributed by atoms with Gasteiger partial charge < -0.3 is 5.73 Å². The molecule has 0 aromatic heterocycles. The fourth-order valence-corrected chi connectivity index (χ4v) is 4.22. The molecule has 90 valence electrons. The molecule has 7 nitrogen and oxygen atoms in total. The summed E-state index contributed by atoms with van der Waals surface area (Å²) in [7, 11) is -6.38. The molecule has 0 spiro atoms. The molecule has 0 radical (unpaired) electrons. The highest BCUT2D eigenvalue weighted by Gasteiger charge is 2.28. The van der Waals surface area contributed by atoms with Gasteiger partial charge in [-0.3, -0.25) is 5.41 Å². The van der Waals surface area contributed by atoms with Gasteiger partial charge in [-0.15, -0.1) is 0 Å². The van der Waals surface area contributed by atoms with Crippen molar-refractivity contribution in [2.75, 3.05) is 18.4 Å². The molecule has 0 aliphatic rings. The van der Waals surface area contributed by atoms with Crippen molar-refractivity contribution in [3.05, 3.63) is 0 Å². The zero-order valence-electron chi connectivity index (χ0n) is 8.76. The summed E-state index contributed by atoms with van der Waals surface area (Å²) in [5.74, 6) is -0.338. The summed E-state index contributed by atoms with van der Waals surface area (Å²) in [6, 6.07) is -0.850. The number of rotatable bonds is 5. The fourth-order valence-electron chi connectivity index (χ4n) is 0.790. The summed E-state index contributed by atoms with van der Waals surface area (Å²) in [5, 5.41) is 6.09. The molecule has 1 atom stereocenters. The summed E-state index contributed by atoms with van der Waals surface area (Å²) in [5.41, 5.74) is 5.13. The van der Waals surface area contributed by atoms with Gasteiger partial charge in [-0.2, -0.15) is 4.31 Å². The number of sulfonamides is 1. The number of likely N-dealkylation sites (N-methyl/N-ethyl adjacent to an activating group) is 1. The average Bonchev–Trinajstić information content (AvgIpc) is 1.96. The molecule has 0 saturated heterocycles. The Bertz CT molecular complexity index is 439. The second-order valence-electron chi connectivity index (χ2n) is 3.30. The van der Waals surface area contributed by atoms with Crippen LogP contribution in [0.4, 0.5) is 0 Å². The minimum atomic E-state index is -3.94. The summed E-state index contributed by atoms with van der Waals surface area (Å²) < 4.78 is 45.5. The lowest BCUT2D eigenvalue weighted by atomic mass is 10.3. The van der Waals surface area contributed by atoms with Crippen LogP contribution < -0.4 is 5.73 Å². The van der Waals surface area contributed by atoms with Crippen LogP contribution in [-0.4, -0.2) is 51.4 Å². The van der Waals surface area contributed by atoms with Crippen LogP contribution >= 0.6 is 0 Å². The van der Waals surface area contributed by atoms with Crippen LogP contribution in [0.3, 0.4) is 0 Å². The van der Waals surface area contributed by atoms with Gasteiger partial charge in [0.05, 0.1) is 6.04 Å². The van der Waals surface area contributed by atoms with Gasteiger partial charge in [0.2, 0.25) is 10.0 Å². The van der Waals surface area contributed by atoms with Crippen molar-refractivity contribution in [3.8, 4) is 0 Å². The molecule has 0 bridgehead atoms. The Morgan fingerprint density at radius 3 is 2.07 bits per heavy atom. The Labute approximate surface area is 89.7 Å². The Morgan fingerprint density at radius 1 is 1.40 bits per heavy atom. The number of hydrogen-bond donors (Lipinski definition) is 2. The predicted molar refractivity (Wildman–Crippen MR) is 57.8 cm³/mol. The minimum Gasteiger partial charge on any atom is -0.386 e. The second-order valence-corrected chi connectivity index (χ2v) is 7.84. The number of hydrogen-bond acceptors (Lipinski definition) is 5. The SMILES string of the molecule is CC(C(=N)N)N(C)S(=O)(=O)CS(C)(=O)=O. The molecule has 0 aromatic rings. The summed E-state index contributed by atoms with van der Waals surface area (Å²) in [4.78, 5) is 0. The van der Waals surface area contributed by atoms with Gasteiger partial charge in [0.1, 0.15) is 5.84 Å². The van der Waals surface area contributed by atoms with E-state index in [1.807, 2.05) is 0 Å². The van der Waals surface area contributed by atoms with Gasteiger partial charge >= 0.3 is 0 Å². The van der Waals surface area contributed by atoms with E-state index in [1.54, 1.807) is 0 Å². The third kappa shape index (κ3) is 4.58. The molecule has 15 heavy (non-hydrogen) atoms. The average molecular weight is 257 g/mol. The molecule has 0 aliphatic carbocycles. The molecule has 0 rings (SSSR count). The Morgan fingerprint density at radius 2 is 1.80 bits per heavy atom. The van der Waals surface area contributed by atoms with Crippen molar-refractivity contribution in [2.45, 2.75) is 13.0 Å². The number of amidine groups is 1. The van der Waals surface area contributed by atoms with E-state index in [4.69, 9.17) is 11.1 Å². The van der Waals surface area contributed by atoms with Crippen LogP contribution in [0, 0.1) is 5.41 Å². The predicted octanol–water partition coefficient (Wildman–Crippen LogP) is -1.43. The van der Waals surface area contributed by atoms with E-state index in [2.05, 4.69) is 0 Å². The quantitative estimate of drug-likeness (QED) is 0.462. The first-order valence-corrected chi connectivity index (χ1v) is 7.61. The number of nitrogens with zero attached hydrogens (tertiary/aromatic N) is 1. The standard InChI is InChI=1S/C6H15N3O4S2/c1-5(6(7)8)9(2)15(12,13)4-14(3,10)11/h5H,4H2,1-3H3,(H3,7,8). The molecule has 3 N–H and O–H groups in total. The van der Waals surface area contributed by atoms with Crippen molar-refractivity contribution < 1.29 is 16.8 Å². The molecule has 0 amide bonds. The van der Waals surface area contributed by atoms with Crippen LogP contribution in [0.1, 0.15) is 6.92 Å². The smallest absolute Gasteiger partial charge is 0.228 e. The summed E-state index contributed by atoms with van der Waals surface area (Å²) in [6.45, 7) is 1.40. The van der Waals surface area contributed by atoms with Crippen molar-refractivity contribution in [1.82, 2.24) is 4.31 Å². The number of nitrogens with two attached hydrogens (primary N) is 1. The molecule has 9 heteroatoms. The molecule has 0 aliphatic heterocycles. The molecule has 0 heterocycles. The Hall–Kier alpha value is -0.670. The molecule has 0 saturated carbocycles. The van der Waals surface area contributed by atoms with Crippen molar-refractivity contribution in [2.24, 2.45) is 5.73 Å². The molecular formula is C6H15N3O4S2. The number of sulfone groups is 1. The van der Waals surface area contributed by atoms with Gasteiger partial charge in [0, 0.05) is 13.3 Å². The Kier molecular flexibility index (Phi) is 4.26. The maximum absolute atomic E-state index is 11.5. The third-order valence-electron chi connectivity index (χ3n) is 1.80. The number of nitrogens with one attached hydrogen (secondary N) is 1. The largest absolute Gasteiger partial charge is 0.386 e. The third-order valence-corrected chi connectivity index (χ3v) is 5.90. The van der Waals surface area contributed by atoms with Gasteiger partial charge in [0.15, 0.2) is 14.9 Å². The van der Waals surface area contributed by atoms with E-state index in [1.165, 1.54) is 14.0 Å². The van der Waals surface area contributed by atoms with Gasteiger partial charge in [-0.1, -0.05) is 0 Å². The summed E-state index contributed by atoms with van der Waals surface area (Å²) >= 11 is 0. The lowest BCUT2D eigenvalue weighted by Gasteiger charge is -2.22. The van der Waals surface area contributed by atoms with Gasteiger partial charge in [-0.05, 0) is 6.92 Å². The van der Waals surface area contributed by atoms with E-state index in [-0.39, 0.29) is 5.84 Å². The molecule has 0 aromatic carbocycles. The first kappa shape index (κ1) is 14.3. The second kappa shape index (κ2) is 4.45. The van der Waals surface area contributed by atoms with E-state index < -0.39 is 31.0 Å². The normalized spacial score (nSPS) is 15.2. The van der Waals surface area contributed by atoms with Crippen molar-refractivity contribution >= 4 is 25.7 Å². The lowest BCUT2D eigenvalue weighted by molar-refractivity contribution is 0.451. The Balaban J connectivity index is 4.99. The van der Waals surface area contributed by atoms with E-state index in [0.717, 1.165) is 10.6 Å². The monoisotopic (exact) mass is 257 g/mol. The first-order chi connectivity index (χ1) is 6.47. The van der Waals surface area contributed by atoms with E-state index >= 15 is 0 Å². The van der Waals surface area contributed by atoms with Crippen LogP contribution in [0.2, 0.25) is 0 Å². The molecule has 0 fully saturated rings. The first-order valence-electron chi connectivity index (χ1n) is 3.94. The minimum absolute atomic E-state index is 0.338. The van der Waals surface area contributed by atoms with Gasteiger partial charge in [-0.25, -0.2) is 16.8 Å². The van der Waals surface area contributed by atoms with E-state index in [9.17, 15) is 16.8 Å². The zero-order valence-corrected chi connectivity index (χ0v) is 10.4. The zero-order chi connectivity index (χ0) is 12.4. The highest BCUT2D eigenvalue weighted by molar-refractivity contribution is 8.06. The highest BCUT2D eigenvalue weighted by Crippen LogP contribution is 2.06. The van der Waals surface area contributed by atoms with Crippen LogP contribution in [0.5, 0.6) is 0 Å². The van der Waals surface area contributed by atoms with Gasteiger partial charge in [0.25, 0.3) is 0 Å². The van der Waals surface area contributed by atoms with Crippen LogP contribution in [0.25, 0.3) is 0 Å². The van der Waals surface area contributed by atoms with Crippen molar-refractivity contribution in [3.63, 3.8) is 0 Å². The van der Waals surface area contributed by atoms with Crippen LogP contribution in [0.15, 0.2) is 0 Å². The fraction of sp³-hybridized carbons (Fsp3) is 0.833. The topological polar surface area (TPSA) is 121 Å².